The molecule has 0 bridgehead atoms. The van der Waals surface area contributed by atoms with Gasteiger partial charge in [-0.25, -0.2) is 8.78 Å². The third kappa shape index (κ3) is 6.94. The van der Waals surface area contributed by atoms with Crippen molar-refractivity contribution in [2.45, 2.75) is 51.4 Å². The number of aromatic nitrogens is 1. The van der Waals surface area contributed by atoms with Crippen molar-refractivity contribution >= 4 is 11.8 Å². The Hall–Kier alpha value is -4.71. The molecule has 1 aliphatic rings. The summed E-state index contributed by atoms with van der Waals surface area (Å²) in [6, 6.07) is 15.2. The number of rotatable bonds is 12. The maximum atomic E-state index is 15.8. The van der Waals surface area contributed by atoms with Gasteiger partial charge in [0.15, 0.2) is 11.6 Å². The first-order chi connectivity index (χ1) is 23.0. The van der Waals surface area contributed by atoms with Crippen molar-refractivity contribution in [3.63, 3.8) is 0 Å². The van der Waals surface area contributed by atoms with E-state index in [2.05, 4.69) is 10.6 Å². The molecule has 1 aromatic heterocycles. The molecule has 4 aromatic rings. The van der Waals surface area contributed by atoms with Crippen LogP contribution in [0.4, 0.5) is 27.8 Å². The van der Waals surface area contributed by atoms with Gasteiger partial charge in [-0.3, -0.25) is 14.2 Å². The number of fused-ring (bicyclic) bond motifs is 1. The number of hydrogen-bond donors (Lipinski definition) is 2. The van der Waals surface area contributed by atoms with Gasteiger partial charge in [-0.05, 0) is 56.1 Å². The van der Waals surface area contributed by atoms with E-state index in [1.165, 1.54) is 36.8 Å². The zero-order valence-corrected chi connectivity index (χ0v) is 26.7. The lowest BCUT2D eigenvalue weighted by molar-refractivity contribution is -0.143. The first-order valence-corrected chi connectivity index (χ1v) is 15.6. The molecule has 2 N–H and O–H groups in total. The second kappa shape index (κ2) is 14.6. The normalized spacial score (nSPS) is 14.7. The maximum absolute atomic E-state index is 15.8. The molecule has 5 rings (SSSR count). The zero-order chi connectivity index (χ0) is 34.6. The average Bonchev–Trinajstić information content (AvgIpc) is 3.49. The molecule has 12 heteroatoms. The Balaban J connectivity index is 1.69. The lowest BCUT2D eigenvalue weighted by atomic mass is 9.91. The van der Waals surface area contributed by atoms with E-state index >= 15 is 8.78 Å². The van der Waals surface area contributed by atoms with Crippen molar-refractivity contribution in [1.29, 1.82) is 0 Å². The number of hydrogen-bond acceptors (Lipinski definition) is 6. The fraction of sp³-hybridized carbons (Fsp3) is 0.333. The van der Waals surface area contributed by atoms with E-state index in [1.807, 2.05) is 30.3 Å². The molecular weight excluding hydrogens is 633 g/mol. The highest BCUT2D eigenvalue weighted by Gasteiger charge is 2.38. The summed E-state index contributed by atoms with van der Waals surface area (Å²) in [6.45, 7) is 4.07. The molecule has 3 aromatic carbocycles. The average molecular weight is 670 g/mol. The molecule has 0 aliphatic carbocycles. The third-order valence-electron chi connectivity index (χ3n) is 8.60. The third-order valence-corrected chi connectivity index (χ3v) is 8.60. The fourth-order valence-electron chi connectivity index (χ4n) is 6.36. The van der Waals surface area contributed by atoms with Crippen LogP contribution < -0.4 is 20.9 Å². The lowest BCUT2D eigenvalue weighted by Gasteiger charge is -2.28. The van der Waals surface area contributed by atoms with Gasteiger partial charge in [0.05, 0.1) is 36.9 Å². The number of pyridine rings is 1. The zero-order valence-electron chi connectivity index (χ0n) is 26.7. The van der Waals surface area contributed by atoms with Crippen LogP contribution in [-0.4, -0.2) is 37.3 Å². The van der Waals surface area contributed by atoms with Gasteiger partial charge in [0.1, 0.15) is 11.6 Å². The summed E-state index contributed by atoms with van der Waals surface area (Å²) < 4.78 is 85.0. The first kappa shape index (κ1) is 34.6. The number of ether oxygens (including phenoxy) is 2. The molecule has 1 unspecified atom stereocenters. The number of anilines is 1. The minimum Gasteiger partial charge on any atom is -0.494 e. The van der Waals surface area contributed by atoms with Crippen LogP contribution in [0.3, 0.4) is 0 Å². The molecule has 48 heavy (non-hydrogen) atoms. The molecule has 7 nitrogen and oxygen atoms in total. The van der Waals surface area contributed by atoms with E-state index in [4.69, 9.17) is 9.47 Å². The Bertz CT molecular complexity index is 1840. The van der Waals surface area contributed by atoms with E-state index in [0.29, 0.717) is 13.0 Å². The van der Waals surface area contributed by atoms with Gasteiger partial charge >= 0.3 is 12.1 Å². The van der Waals surface area contributed by atoms with Gasteiger partial charge in [0.25, 0.3) is 5.56 Å². The van der Waals surface area contributed by atoms with Crippen LogP contribution in [0.2, 0.25) is 0 Å². The number of nitrogens with one attached hydrogen (secondary N) is 2. The SMILES string of the molecule is CCOC(=O)CCCNC(c1ccccc1)[C@@H]1CNc2c(Cc3c(F)cccc3C(F)(F)F)c(C)c(-c3cccc(OC)c3F)c(=O)n21. The Morgan fingerprint density at radius 3 is 2.46 bits per heavy atom. The number of alkyl halides is 3. The predicted octanol–water partition coefficient (Wildman–Crippen LogP) is 7.36. The summed E-state index contributed by atoms with van der Waals surface area (Å²) in [5.74, 6) is -2.10. The van der Waals surface area contributed by atoms with Crippen molar-refractivity contribution in [3.05, 3.63) is 117 Å². The smallest absolute Gasteiger partial charge is 0.416 e. The van der Waals surface area contributed by atoms with Crippen LogP contribution in [0.1, 0.15) is 59.7 Å². The minimum absolute atomic E-state index is 0.0714. The highest BCUT2D eigenvalue weighted by Crippen LogP contribution is 2.41. The van der Waals surface area contributed by atoms with Crippen molar-refractivity contribution in [2.75, 3.05) is 32.1 Å². The molecular formula is C36H36F5N3O4. The summed E-state index contributed by atoms with van der Waals surface area (Å²) in [7, 11) is 1.28. The molecule has 2 atom stereocenters. The van der Waals surface area contributed by atoms with Crippen molar-refractivity contribution in [1.82, 2.24) is 9.88 Å². The monoisotopic (exact) mass is 669 g/mol. The van der Waals surface area contributed by atoms with Crippen LogP contribution in [-0.2, 0) is 22.1 Å². The quantitative estimate of drug-likeness (QED) is 0.0933. The van der Waals surface area contributed by atoms with E-state index in [1.54, 1.807) is 6.92 Å². The topological polar surface area (TPSA) is 81.6 Å². The fourth-order valence-corrected chi connectivity index (χ4v) is 6.36. The lowest BCUT2D eigenvalue weighted by Crippen LogP contribution is -2.36. The first-order valence-electron chi connectivity index (χ1n) is 15.6. The van der Waals surface area contributed by atoms with Crippen LogP contribution >= 0.6 is 0 Å². The second-order valence-corrected chi connectivity index (χ2v) is 11.5. The molecule has 0 fully saturated rings. The Labute approximate surface area is 274 Å². The number of benzene rings is 3. The van der Waals surface area contributed by atoms with E-state index < -0.39 is 53.0 Å². The van der Waals surface area contributed by atoms with E-state index in [0.717, 1.165) is 23.8 Å². The Morgan fingerprint density at radius 2 is 1.77 bits per heavy atom. The number of methoxy groups -OCH3 is 1. The second-order valence-electron chi connectivity index (χ2n) is 11.5. The van der Waals surface area contributed by atoms with E-state index in [9.17, 15) is 22.8 Å². The Kier molecular flexibility index (Phi) is 10.5. The van der Waals surface area contributed by atoms with Crippen LogP contribution in [0, 0.1) is 18.6 Å². The summed E-state index contributed by atoms with van der Waals surface area (Å²) >= 11 is 0. The van der Waals surface area contributed by atoms with Crippen LogP contribution in [0.5, 0.6) is 5.75 Å². The maximum Gasteiger partial charge on any atom is 0.416 e. The van der Waals surface area contributed by atoms with Crippen molar-refractivity contribution in [2.24, 2.45) is 0 Å². The number of halogens is 5. The van der Waals surface area contributed by atoms with Gasteiger partial charge < -0.3 is 20.1 Å². The molecule has 0 amide bonds. The highest BCUT2D eigenvalue weighted by molar-refractivity contribution is 5.74. The van der Waals surface area contributed by atoms with Gasteiger partial charge in [0.2, 0.25) is 0 Å². The molecule has 0 spiro atoms. The van der Waals surface area contributed by atoms with Crippen LogP contribution in [0.25, 0.3) is 11.1 Å². The van der Waals surface area contributed by atoms with Gasteiger partial charge in [0, 0.05) is 36.1 Å². The molecule has 0 saturated carbocycles. The number of carbonyl (C=O) groups is 1. The number of carbonyl (C=O) groups excluding carboxylic acids is 1. The van der Waals surface area contributed by atoms with Crippen LogP contribution in [0.15, 0.2) is 71.5 Å². The van der Waals surface area contributed by atoms with Gasteiger partial charge in [-0.2, -0.15) is 13.2 Å². The molecule has 0 saturated heterocycles. The predicted molar refractivity (Wildman–Crippen MR) is 172 cm³/mol. The highest BCUT2D eigenvalue weighted by atomic mass is 19.4. The summed E-state index contributed by atoms with van der Waals surface area (Å²) in [6.07, 6.45) is -4.75. The Morgan fingerprint density at radius 1 is 1.04 bits per heavy atom. The summed E-state index contributed by atoms with van der Waals surface area (Å²) in [5.41, 5.74) is -1.23. The summed E-state index contributed by atoms with van der Waals surface area (Å²) in [5, 5.41) is 6.66. The molecule has 254 valence electrons. The summed E-state index contributed by atoms with van der Waals surface area (Å²) in [4.78, 5) is 26.5. The van der Waals surface area contributed by atoms with E-state index in [-0.39, 0.29) is 59.4 Å². The number of nitrogens with zero attached hydrogens (tertiary/aromatic N) is 1. The van der Waals surface area contributed by atoms with Gasteiger partial charge in [-0.15, -0.1) is 0 Å². The van der Waals surface area contributed by atoms with Crippen molar-refractivity contribution < 1.29 is 36.2 Å². The minimum atomic E-state index is -4.84. The van der Waals surface area contributed by atoms with Gasteiger partial charge in [-0.1, -0.05) is 48.5 Å². The molecule has 1 aliphatic heterocycles. The number of esters is 1. The van der Waals surface area contributed by atoms with Crippen molar-refractivity contribution in [3.8, 4) is 16.9 Å². The largest absolute Gasteiger partial charge is 0.494 e. The molecule has 2 heterocycles. The standard InChI is InChI=1S/C36H36F5N3O4/c1-4-48-30(45)17-10-18-42-33(22-11-6-5-7-12-22)28-20-43-34-24(19-25-26(36(39,40)41)14-9-15-27(25)37)21(2)31(35(46)44(28)34)23-13-8-16-29(47-3)32(23)38/h5-9,11-16,28,33,42-43H,4,10,17-20H2,1-3H3/t28-,33?/m0/s1. The molecule has 0 radical (unpaired) electrons.